The Balaban J connectivity index is 1.79. The van der Waals surface area contributed by atoms with E-state index in [2.05, 4.69) is 4.98 Å². The van der Waals surface area contributed by atoms with Crippen molar-refractivity contribution in [2.45, 2.75) is 69.8 Å². The van der Waals surface area contributed by atoms with Gasteiger partial charge in [-0.15, -0.1) is 0 Å². The van der Waals surface area contributed by atoms with Gasteiger partial charge >= 0.3 is 0 Å². The van der Waals surface area contributed by atoms with Crippen molar-refractivity contribution >= 4 is 5.82 Å². The lowest BCUT2D eigenvalue weighted by molar-refractivity contribution is -0.0766. The molecular weight excluding hydrogens is 260 g/mol. The van der Waals surface area contributed by atoms with Gasteiger partial charge in [-0.3, -0.25) is 0 Å². The normalized spacial score (nSPS) is 31.2. The molecule has 0 radical (unpaired) electrons. The second-order valence-electron chi connectivity index (χ2n) is 7.08. The minimum Gasteiger partial charge on any atom is -0.389 e. The molecule has 0 bridgehead atoms. The minimum atomic E-state index is -0.572. The number of hydrogen-bond donors (Lipinski definition) is 2. The maximum absolute atomic E-state index is 11.4. The third-order valence-electron chi connectivity index (χ3n) is 5.71. The van der Waals surface area contributed by atoms with Crippen LogP contribution in [0.2, 0.25) is 0 Å². The fraction of sp³-hybridized carbons (Fsp3) is 0.722. The third-order valence-corrected chi connectivity index (χ3v) is 5.71. The molecule has 0 aliphatic heterocycles. The molecule has 0 spiro atoms. The molecule has 2 unspecified atom stereocenters. The average molecular weight is 288 g/mol. The molecule has 1 heterocycles. The van der Waals surface area contributed by atoms with Crippen LogP contribution in [0.25, 0.3) is 0 Å². The highest BCUT2D eigenvalue weighted by Crippen LogP contribution is 2.45. The molecule has 0 aromatic carbocycles. The molecule has 1 aromatic rings. The van der Waals surface area contributed by atoms with Crippen LogP contribution in [-0.2, 0) is 6.42 Å². The van der Waals surface area contributed by atoms with Gasteiger partial charge < -0.3 is 10.8 Å². The largest absolute Gasteiger partial charge is 0.389 e. The van der Waals surface area contributed by atoms with Gasteiger partial charge in [0.05, 0.1) is 5.60 Å². The van der Waals surface area contributed by atoms with Gasteiger partial charge in [-0.2, -0.15) is 0 Å². The van der Waals surface area contributed by atoms with E-state index in [4.69, 9.17) is 5.73 Å². The molecular formula is C18H28N2O. The lowest BCUT2D eigenvalue weighted by Crippen LogP contribution is -2.46. The van der Waals surface area contributed by atoms with Crippen molar-refractivity contribution in [3.05, 3.63) is 23.9 Å². The molecule has 21 heavy (non-hydrogen) atoms. The monoisotopic (exact) mass is 288 g/mol. The summed E-state index contributed by atoms with van der Waals surface area (Å²) in [7, 11) is 0. The summed E-state index contributed by atoms with van der Waals surface area (Å²) in [6.45, 7) is 0. The van der Waals surface area contributed by atoms with Gasteiger partial charge in [0, 0.05) is 12.6 Å². The zero-order valence-corrected chi connectivity index (χ0v) is 12.9. The Morgan fingerprint density at radius 2 is 1.90 bits per heavy atom. The number of aromatic nitrogens is 1. The van der Waals surface area contributed by atoms with Crippen LogP contribution in [0.1, 0.15) is 63.4 Å². The summed E-state index contributed by atoms with van der Waals surface area (Å²) in [5, 5.41) is 11.4. The van der Waals surface area contributed by atoms with E-state index in [1.807, 2.05) is 12.1 Å². The number of pyridine rings is 1. The van der Waals surface area contributed by atoms with Crippen molar-refractivity contribution in [1.82, 2.24) is 4.98 Å². The number of nitrogens with two attached hydrogens (primary N) is 1. The van der Waals surface area contributed by atoms with Crippen molar-refractivity contribution in [2.24, 2.45) is 11.8 Å². The Kier molecular flexibility index (Phi) is 4.48. The van der Waals surface area contributed by atoms with Gasteiger partial charge in [0.25, 0.3) is 0 Å². The predicted molar refractivity (Wildman–Crippen MR) is 85.8 cm³/mol. The molecule has 0 amide bonds. The van der Waals surface area contributed by atoms with Crippen molar-refractivity contribution in [2.75, 3.05) is 5.73 Å². The average Bonchev–Trinajstić information content (AvgIpc) is 2.51. The van der Waals surface area contributed by atoms with E-state index >= 15 is 0 Å². The van der Waals surface area contributed by atoms with E-state index in [1.165, 1.54) is 44.9 Å². The number of nitrogen functional groups attached to an aromatic ring is 1. The zero-order chi connectivity index (χ0) is 14.7. The van der Waals surface area contributed by atoms with Crippen LogP contribution in [0, 0.1) is 11.8 Å². The molecule has 3 rings (SSSR count). The second-order valence-corrected chi connectivity index (χ2v) is 7.08. The first kappa shape index (κ1) is 14.8. The lowest BCUT2D eigenvalue weighted by atomic mass is 9.64. The zero-order valence-electron chi connectivity index (χ0n) is 12.9. The van der Waals surface area contributed by atoms with Crippen LogP contribution in [0.5, 0.6) is 0 Å². The van der Waals surface area contributed by atoms with Gasteiger partial charge in [-0.05, 0) is 36.3 Å². The molecule has 1 aromatic heterocycles. The van der Waals surface area contributed by atoms with Crippen LogP contribution in [0.15, 0.2) is 18.3 Å². The van der Waals surface area contributed by atoms with E-state index in [0.29, 0.717) is 24.1 Å². The maximum atomic E-state index is 11.4. The summed E-state index contributed by atoms with van der Waals surface area (Å²) in [5.41, 5.74) is 6.44. The summed E-state index contributed by atoms with van der Waals surface area (Å²) in [4.78, 5) is 4.18. The smallest absolute Gasteiger partial charge is 0.126 e. The first-order valence-electron chi connectivity index (χ1n) is 8.61. The SMILES string of the molecule is Nc1ncccc1CC1(O)CCCCC1C1CCCCC1. The van der Waals surface area contributed by atoms with Crippen molar-refractivity contribution in [1.29, 1.82) is 0 Å². The van der Waals surface area contributed by atoms with E-state index in [0.717, 1.165) is 18.4 Å². The molecule has 2 aliphatic rings. The summed E-state index contributed by atoms with van der Waals surface area (Å²) in [6, 6.07) is 3.94. The highest BCUT2D eigenvalue weighted by atomic mass is 16.3. The topological polar surface area (TPSA) is 59.1 Å². The van der Waals surface area contributed by atoms with Gasteiger partial charge in [-0.25, -0.2) is 4.98 Å². The first-order chi connectivity index (χ1) is 10.2. The Hall–Kier alpha value is -1.09. The minimum absolute atomic E-state index is 0.450. The molecule has 3 N–H and O–H groups in total. The van der Waals surface area contributed by atoms with E-state index in [1.54, 1.807) is 6.20 Å². The predicted octanol–water partition coefficient (Wildman–Crippen LogP) is 3.71. The molecule has 0 saturated heterocycles. The molecule has 2 atom stereocenters. The standard InChI is InChI=1S/C18H28N2O/c19-17-15(9-6-12-20-17)13-18(21)11-5-4-10-16(18)14-7-2-1-3-8-14/h6,9,12,14,16,21H,1-5,7-8,10-11,13H2,(H2,19,20). The Bertz CT molecular complexity index is 470. The molecule has 2 fully saturated rings. The van der Waals surface area contributed by atoms with E-state index in [-0.39, 0.29) is 0 Å². The fourth-order valence-corrected chi connectivity index (χ4v) is 4.61. The Labute approximate surface area is 128 Å². The quantitative estimate of drug-likeness (QED) is 0.891. The van der Waals surface area contributed by atoms with Crippen molar-refractivity contribution in [3.63, 3.8) is 0 Å². The van der Waals surface area contributed by atoms with E-state index < -0.39 is 5.60 Å². The van der Waals surface area contributed by atoms with E-state index in [9.17, 15) is 5.11 Å². The first-order valence-corrected chi connectivity index (χ1v) is 8.61. The summed E-state index contributed by atoms with van der Waals surface area (Å²) in [5.74, 6) is 1.74. The number of hydrogen-bond acceptors (Lipinski definition) is 3. The number of anilines is 1. The van der Waals surface area contributed by atoms with Crippen molar-refractivity contribution < 1.29 is 5.11 Å². The Morgan fingerprint density at radius 1 is 1.14 bits per heavy atom. The number of nitrogens with zero attached hydrogens (tertiary/aromatic N) is 1. The van der Waals surface area contributed by atoms with Crippen LogP contribution < -0.4 is 5.73 Å². The van der Waals surface area contributed by atoms with Crippen LogP contribution >= 0.6 is 0 Å². The number of aliphatic hydroxyl groups is 1. The fourth-order valence-electron chi connectivity index (χ4n) is 4.61. The van der Waals surface area contributed by atoms with Crippen LogP contribution in [0.4, 0.5) is 5.82 Å². The van der Waals surface area contributed by atoms with Crippen LogP contribution in [0.3, 0.4) is 0 Å². The molecule has 2 saturated carbocycles. The maximum Gasteiger partial charge on any atom is 0.126 e. The highest BCUT2D eigenvalue weighted by molar-refractivity contribution is 5.39. The lowest BCUT2D eigenvalue weighted by Gasteiger charge is -2.45. The number of rotatable bonds is 3. The molecule has 2 aliphatic carbocycles. The summed E-state index contributed by atoms with van der Waals surface area (Å²) >= 11 is 0. The highest BCUT2D eigenvalue weighted by Gasteiger charge is 2.43. The van der Waals surface area contributed by atoms with Gasteiger partial charge in [0.2, 0.25) is 0 Å². The molecule has 3 heteroatoms. The summed E-state index contributed by atoms with van der Waals surface area (Å²) in [6.07, 6.45) is 13.6. The van der Waals surface area contributed by atoms with Gasteiger partial charge in [0.15, 0.2) is 0 Å². The van der Waals surface area contributed by atoms with Crippen molar-refractivity contribution in [3.8, 4) is 0 Å². The van der Waals surface area contributed by atoms with Gasteiger partial charge in [0.1, 0.15) is 5.82 Å². The molecule has 116 valence electrons. The summed E-state index contributed by atoms with van der Waals surface area (Å²) < 4.78 is 0. The second kappa shape index (κ2) is 6.35. The van der Waals surface area contributed by atoms with Crippen LogP contribution in [-0.4, -0.2) is 15.7 Å². The van der Waals surface area contributed by atoms with Gasteiger partial charge in [-0.1, -0.05) is 51.0 Å². The third kappa shape index (κ3) is 3.23. The molecule has 3 nitrogen and oxygen atoms in total. The Morgan fingerprint density at radius 3 is 2.67 bits per heavy atom.